The Balaban J connectivity index is 1.43. The molecule has 0 aliphatic rings. The number of imidazole rings is 2. The lowest BCUT2D eigenvalue weighted by Gasteiger charge is -2.10. The standard InChI is InChI=1S/C23H27N7O3S/c1-17(2)26-23(31)19-7-8-22-27-21(15-30(22)14-19)18-5-3-6-20(13-18)28-34(32,33)25-9-4-11-29-12-10-24-16-29/h3,5-8,10,12-17,25,28H,4,9,11H2,1-2H3,(H,26,31). The van der Waals surface area contributed by atoms with Crippen molar-refractivity contribution >= 4 is 27.5 Å². The van der Waals surface area contributed by atoms with Crippen LogP contribution >= 0.6 is 0 Å². The van der Waals surface area contributed by atoms with Gasteiger partial charge in [-0.05, 0) is 44.5 Å². The highest BCUT2D eigenvalue weighted by molar-refractivity contribution is 7.90. The van der Waals surface area contributed by atoms with Gasteiger partial charge in [0.25, 0.3) is 16.1 Å². The summed E-state index contributed by atoms with van der Waals surface area (Å²) in [5, 5.41) is 2.87. The van der Waals surface area contributed by atoms with Crippen molar-refractivity contribution in [2.75, 3.05) is 11.3 Å². The summed E-state index contributed by atoms with van der Waals surface area (Å²) in [6.07, 6.45) is 9.38. The first-order valence-electron chi connectivity index (χ1n) is 10.9. The molecule has 1 aromatic carbocycles. The molecule has 0 aliphatic carbocycles. The second-order valence-corrected chi connectivity index (χ2v) is 9.67. The van der Waals surface area contributed by atoms with E-state index in [9.17, 15) is 13.2 Å². The van der Waals surface area contributed by atoms with E-state index >= 15 is 0 Å². The van der Waals surface area contributed by atoms with Crippen molar-refractivity contribution in [2.45, 2.75) is 32.9 Å². The minimum absolute atomic E-state index is 0.0410. The van der Waals surface area contributed by atoms with Crippen molar-refractivity contribution in [1.82, 2.24) is 29.0 Å². The first-order chi connectivity index (χ1) is 16.3. The zero-order chi connectivity index (χ0) is 24.1. The van der Waals surface area contributed by atoms with E-state index in [0.29, 0.717) is 42.1 Å². The van der Waals surface area contributed by atoms with Gasteiger partial charge in [-0.15, -0.1) is 0 Å². The molecule has 11 heteroatoms. The number of aromatic nitrogens is 4. The molecule has 0 saturated carbocycles. The normalized spacial score (nSPS) is 11.7. The number of amides is 1. The Hall–Kier alpha value is -3.70. The average Bonchev–Trinajstić information content (AvgIpc) is 3.45. The molecule has 34 heavy (non-hydrogen) atoms. The molecule has 0 radical (unpaired) electrons. The molecule has 178 valence electrons. The summed E-state index contributed by atoms with van der Waals surface area (Å²) in [6.45, 7) is 4.78. The van der Waals surface area contributed by atoms with Crippen molar-refractivity contribution in [2.24, 2.45) is 0 Å². The highest BCUT2D eigenvalue weighted by atomic mass is 32.2. The maximum absolute atomic E-state index is 12.4. The third-order valence-electron chi connectivity index (χ3n) is 4.99. The molecule has 3 N–H and O–H groups in total. The largest absolute Gasteiger partial charge is 0.350 e. The fourth-order valence-corrected chi connectivity index (χ4v) is 4.35. The highest BCUT2D eigenvalue weighted by Crippen LogP contribution is 2.23. The van der Waals surface area contributed by atoms with Crippen molar-refractivity contribution in [1.29, 1.82) is 0 Å². The minimum Gasteiger partial charge on any atom is -0.350 e. The monoisotopic (exact) mass is 481 g/mol. The third-order valence-corrected chi connectivity index (χ3v) is 6.08. The number of hydrogen-bond acceptors (Lipinski definition) is 5. The molecule has 3 heterocycles. The quantitative estimate of drug-likeness (QED) is 0.301. The van der Waals surface area contributed by atoms with Gasteiger partial charge in [-0.25, -0.2) is 9.97 Å². The molecular formula is C23H27N7O3S. The zero-order valence-electron chi connectivity index (χ0n) is 19.0. The second kappa shape index (κ2) is 10.1. The number of fused-ring (bicyclic) bond motifs is 1. The number of pyridine rings is 1. The fraction of sp³-hybridized carbons (Fsp3) is 0.261. The summed E-state index contributed by atoms with van der Waals surface area (Å²) in [7, 11) is -3.72. The Morgan fingerprint density at radius 1 is 1.15 bits per heavy atom. The second-order valence-electron chi connectivity index (χ2n) is 8.17. The Labute approximate surface area is 198 Å². The summed E-state index contributed by atoms with van der Waals surface area (Å²) < 4.78 is 33.6. The lowest BCUT2D eigenvalue weighted by atomic mass is 10.1. The summed E-state index contributed by atoms with van der Waals surface area (Å²) in [6, 6.07) is 10.6. The Kier molecular flexibility index (Phi) is 6.94. The molecule has 0 saturated heterocycles. The van der Waals surface area contributed by atoms with Crippen molar-refractivity contribution < 1.29 is 13.2 Å². The van der Waals surface area contributed by atoms with Gasteiger partial charge >= 0.3 is 0 Å². The van der Waals surface area contributed by atoms with E-state index in [2.05, 4.69) is 24.7 Å². The molecule has 0 fully saturated rings. The first-order valence-corrected chi connectivity index (χ1v) is 12.4. The smallest absolute Gasteiger partial charge is 0.299 e. The van der Waals surface area contributed by atoms with Crippen LogP contribution in [-0.4, -0.2) is 45.8 Å². The maximum atomic E-state index is 12.4. The number of anilines is 1. The summed E-state index contributed by atoms with van der Waals surface area (Å²) in [5.74, 6) is -0.152. The molecule has 0 aliphatic heterocycles. The summed E-state index contributed by atoms with van der Waals surface area (Å²) >= 11 is 0. The van der Waals surface area contributed by atoms with E-state index in [1.54, 1.807) is 53.5 Å². The summed E-state index contributed by atoms with van der Waals surface area (Å²) in [5.41, 5.74) is 3.05. The van der Waals surface area contributed by atoms with Crippen LogP contribution in [0.5, 0.6) is 0 Å². The van der Waals surface area contributed by atoms with E-state index in [1.165, 1.54) is 0 Å². The van der Waals surface area contributed by atoms with Gasteiger partial charge < -0.3 is 14.3 Å². The first kappa shape index (κ1) is 23.5. The fourth-order valence-electron chi connectivity index (χ4n) is 3.43. The molecule has 0 unspecified atom stereocenters. The molecule has 10 nitrogen and oxygen atoms in total. The van der Waals surface area contributed by atoms with Gasteiger partial charge in [0.05, 0.1) is 23.3 Å². The van der Waals surface area contributed by atoms with Crippen LogP contribution in [0, 0.1) is 0 Å². The number of nitrogens with zero attached hydrogens (tertiary/aromatic N) is 4. The SMILES string of the molecule is CC(C)NC(=O)c1ccc2nc(-c3cccc(NS(=O)(=O)NCCCn4ccnc4)c3)cn2c1. The van der Waals surface area contributed by atoms with Crippen molar-refractivity contribution in [3.8, 4) is 11.3 Å². The molecule has 0 spiro atoms. The van der Waals surface area contributed by atoms with Crippen LogP contribution in [0.3, 0.4) is 0 Å². The lowest BCUT2D eigenvalue weighted by molar-refractivity contribution is 0.0942. The predicted octanol–water partition coefficient (Wildman–Crippen LogP) is 2.67. The van der Waals surface area contributed by atoms with Gasteiger partial charge in [0.2, 0.25) is 0 Å². The maximum Gasteiger partial charge on any atom is 0.299 e. The van der Waals surface area contributed by atoms with E-state index in [0.717, 1.165) is 5.56 Å². The van der Waals surface area contributed by atoms with Crippen LogP contribution in [0.15, 0.2) is 67.5 Å². The van der Waals surface area contributed by atoms with Crippen LogP contribution in [0.2, 0.25) is 0 Å². The van der Waals surface area contributed by atoms with Gasteiger partial charge in [0.15, 0.2) is 0 Å². The number of carbonyl (C=O) groups excluding carboxylic acids is 1. The Bertz CT molecular complexity index is 1380. The van der Waals surface area contributed by atoms with Gasteiger partial charge in [-0.3, -0.25) is 9.52 Å². The van der Waals surface area contributed by atoms with E-state index in [-0.39, 0.29) is 11.9 Å². The number of benzene rings is 1. The molecule has 0 atom stereocenters. The Morgan fingerprint density at radius 3 is 2.76 bits per heavy atom. The highest BCUT2D eigenvalue weighted by Gasteiger charge is 2.12. The Morgan fingerprint density at radius 2 is 2.00 bits per heavy atom. The van der Waals surface area contributed by atoms with E-state index < -0.39 is 10.2 Å². The third kappa shape index (κ3) is 6.00. The average molecular weight is 482 g/mol. The van der Waals surface area contributed by atoms with Crippen LogP contribution in [-0.2, 0) is 16.8 Å². The number of aryl methyl sites for hydroxylation is 1. The van der Waals surface area contributed by atoms with Crippen molar-refractivity contribution in [3.63, 3.8) is 0 Å². The van der Waals surface area contributed by atoms with E-state index in [1.807, 2.05) is 36.9 Å². The van der Waals surface area contributed by atoms with Crippen LogP contribution < -0.4 is 14.8 Å². The van der Waals surface area contributed by atoms with E-state index in [4.69, 9.17) is 0 Å². The molecule has 4 aromatic rings. The topological polar surface area (TPSA) is 122 Å². The number of rotatable bonds is 10. The van der Waals surface area contributed by atoms with Gasteiger partial charge in [0, 0.05) is 49.5 Å². The number of nitrogens with one attached hydrogen (secondary N) is 3. The van der Waals surface area contributed by atoms with Crippen LogP contribution in [0.25, 0.3) is 16.9 Å². The van der Waals surface area contributed by atoms with Crippen LogP contribution in [0.1, 0.15) is 30.6 Å². The van der Waals surface area contributed by atoms with Gasteiger partial charge in [0.1, 0.15) is 5.65 Å². The van der Waals surface area contributed by atoms with Crippen LogP contribution in [0.4, 0.5) is 5.69 Å². The van der Waals surface area contributed by atoms with Gasteiger partial charge in [-0.2, -0.15) is 13.1 Å². The minimum atomic E-state index is -3.72. The lowest BCUT2D eigenvalue weighted by Crippen LogP contribution is -2.31. The molecule has 3 aromatic heterocycles. The van der Waals surface area contributed by atoms with Crippen molar-refractivity contribution in [3.05, 3.63) is 73.1 Å². The number of carbonyl (C=O) groups is 1. The zero-order valence-corrected chi connectivity index (χ0v) is 19.8. The molecule has 0 bridgehead atoms. The molecule has 1 amide bonds. The molecular weight excluding hydrogens is 454 g/mol. The van der Waals surface area contributed by atoms with Gasteiger partial charge in [-0.1, -0.05) is 12.1 Å². The summed E-state index contributed by atoms with van der Waals surface area (Å²) in [4.78, 5) is 20.8. The molecule has 4 rings (SSSR count). The predicted molar refractivity (Wildman–Crippen MR) is 131 cm³/mol. The number of hydrogen-bond donors (Lipinski definition) is 3.